The van der Waals surface area contributed by atoms with Crippen molar-refractivity contribution in [2.24, 2.45) is 5.73 Å². The maximum absolute atomic E-state index is 5.59. The Kier molecular flexibility index (Phi) is 3.16. The number of pyridine rings is 1. The summed E-state index contributed by atoms with van der Waals surface area (Å²) in [6.45, 7) is 1.67. The lowest BCUT2D eigenvalue weighted by atomic mass is 10.0. The van der Waals surface area contributed by atoms with Crippen LogP contribution in [0.4, 0.5) is 0 Å². The molecule has 110 valence electrons. The molecule has 3 aromatic heterocycles. The summed E-state index contributed by atoms with van der Waals surface area (Å²) in [7, 11) is 0. The Balaban J connectivity index is 1.89. The van der Waals surface area contributed by atoms with E-state index in [1.54, 1.807) is 0 Å². The molecular formula is C18H18N4. The van der Waals surface area contributed by atoms with Crippen LogP contribution >= 0.6 is 0 Å². The van der Waals surface area contributed by atoms with E-state index in [2.05, 4.69) is 57.3 Å². The first-order valence-electron chi connectivity index (χ1n) is 7.58. The Morgan fingerprint density at radius 2 is 2.05 bits per heavy atom. The molecule has 4 aromatic rings. The fourth-order valence-electron chi connectivity index (χ4n) is 3.02. The molecule has 0 unspecified atom stereocenters. The summed E-state index contributed by atoms with van der Waals surface area (Å²) in [6, 6.07) is 12.6. The molecule has 22 heavy (non-hydrogen) atoms. The average molecular weight is 290 g/mol. The maximum Gasteiger partial charge on any atom is 0.138 e. The molecule has 0 aliphatic carbocycles. The maximum atomic E-state index is 5.59. The van der Waals surface area contributed by atoms with Gasteiger partial charge in [0.05, 0.1) is 0 Å². The van der Waals surface area contributed by atoms with Gasteiger partial charge in [-0.15, -0.1) is 0 Å². The van der Waals surface area contributed by atoms with Gasteiger partial charge in [-0.1, -0.05) is 18.2 Å². The molecule has 0 aliphatic heterocycles. The molecule has 3 heterocycles. The number of aromatic nitrogens is 3. The predicted molar refractivity (Wildman–Crippen MR) is 90.7 cm³/mol. The number of H-pyrrole nitrogens is 1. The van der Waals surface area contributed by atoms with Crippen molar-refractivity contribution in [3.63, 3.8) is 0 Å². The largest absolute Gasteiger partial charge is 0.354 e. The zero-order valence-electron chi connectivity index (χ0n) is 12.3. The quantitative estimate of drug-likeness (QED) is 0.604. The number of fused-ring (bicyclic) bond motifs is 3. The van der Waals surface area contributed by atoms with Crippen molar-refractivity contribution in [1.82, 2.24) is 14.5 Å². The summed E-state index contributed by atoms with van der Waals surface area (Å²) in [5.41, 5.74) is 10.1. The molecule has 0 bridgehead atoms. The van der Waals surface area contributed by atoms with Gasteiger partial charge in [-0.2, -0.15) is 0 Å². The summed E-state index contributed by atoms with van der Waals surface area (Å²) in [5.74, 6) is 0. The van der Waals surface area contributed by atoms with Crippen LogP contribution in [0.25, 0.3) is 33.1 Å². The minimum absolute atomic E-state index is 0.718. The topological polar surface area (TPSA) is 59.6 Å². The van der Waals surface area contributed by atoms with Gasteiger partial charge < -0.3 is 15.3 Å². The molecule has 0 saturated heterocycles. The van der Waals surface area contributed by atoms with Gasteiger partial charge in [-0.05, 0) is 36.7 Å². The third kappa shape index (κ3) is 2.09. The van der Waals surface area contributed by atoms with Crippen molar-refractivity contribution in [1.29, 1.82) is 0 Å². The minimum atomic E-state index is 0.718. The number of rotatable bonds is 4. The van der Waals surface area contributed by atoms with Gasteiger partial charge in [0.2, 0.25) is 0 Å². The van der Waals surface area contributed by atoms with E-state index in [0.717, 1.165) is 30.7 Å². The molecule has 0 aliphatic rings. The summed E-state index contributed by atoms with van der Waals surface area (Å²) < 4.78 is 2.20. The molecule has 4 nitrogen and oxygen atoms in total. The second kappa shape index (κ2) is 5.31. The predicted octanol–water partition coefficient (Wildman–Crippen LogP) is 3.53. The first-order chi connectivity index (χ1) is 10.9. The standard InChI is InChI=1S/C18H18N4/c19-8-3-10-22-11-7-13(12-22)14-6-9-20-18-17(14)15-4-1-2-5-16(15)21-18/h1-2,4-7,9,11-12H,3,8,10,19H2,(H,20,21). The number of benzene rings is 1. The number of nitrogens with zero attached hydrogens (tertiary/aromatic N) is 2. The monoisotopic (exact) mass is 290 g/mol. The Bertz CT molecular complexity index is 932. The number of nitrogens with one attached hydrogen (secondary N) is 1. The van der Waals surface area contributed by atoms with Gasteiger partial charge >= 0.3 is 0 Å². The van der Waals surface area contributed by atoms with Crippen LogP contribution in [0.2, 0.25) is 0 Å². The van der Waals surface area contributed by atoms with Crippen LogP contribution in [0, 0.1) is 0 Å². The highest BCUT2D eigenvalue weighted by Crippen LogP contribution is 2.33. The normalized spacial score (nSPS) is 11.5. The number of hydrogen-bond donors (Lipinski definition) is 2. The lowest BCUT2D eigenvalue weighted by molar-refractivity contribution is 0.654. The van der Waals surface area contributed by atoms with Crippen LogP contribution in [-0.2, 0) is 6.54 Å². The van der Waals surface area contributed by atoms with Crippen molar-refractivity contribution >= 4 is 21.9 Å². The molecule has 1 aromatic carbocycles. The number of aryl methyl sites for hydroxylation is 1. The van der Waals surface area contributed by atoms with E-state index in [-0.39, 0.29) is 0 Å². The van der Waals surface area contributed by atoms with Gasteiger partial charge in [0.25, 0.3) is 0 Å². The summed E-state index contributed by atoms with van der Waals surface area (Å²) >= 11 is 0. The van der Waals surface area contributed by atoms with Gasteiger partial charge in [-0.3, -0.25) is 0 Å². The van der Waals surface area contributed by atoms with E-state index in [1.165, 1.54) is 21.9 Å². The number of nitrogens with two attached hydrogens (primary N) is 1. The second-order valence-corrected chi connectivity index (χ2v) is 5.53. The van der Waals surface area contributed by atoms with Crippen molar-refractivity contribution in [3.8, 4) is 11.1 Å². The summed E-state index contributed by atoms with van der Waals surface area (Å²) in [6.07, 6.45) is 7.16. The highest BCUT2D eigenvalue weighted by molar-refractivity contribution is 6.12. The molecule has 0 atom stereocenters. The smallest absolute Gasteiger partial charge is 0.138 e. The van der Waals surface area contributed by atoms with E-state index < -0.39 is 0 Å². The lowest BCUT2D eigenvalue weighted by Gasteiger charge is -2.02. The zero-order chi connectivity index (χ0) is 14.9. The van der Waals surface area contributed by atoms with Gasteiger partial charge in [0.15, 0.2) is 0 Å². The molecule has 0 fully saturated rings. The van der Waals surface area contributed by atoms with Crippen molar-refractivity contribution in [2.45, 2.75) is 13.0 Å². The van der Waals surface area contributed by atoms with Crippen LogP contribution in [-0.4, -0.2) is 21.1 Å². The Hall–Kier alpha value is -2.59. The fourth-order valence-corrected chi connectivity index (χ4v) is 3.02. The van der Waals surface area contributed by atoms with E-state index in [9.17, 15) is 0 Å². The van der Waals surface area contributed by atoms with Crippen LogP contribution in [0.15, 0.2) is 55.0 Å². The van der Waals surface area contributed by atoms with E-state index in [1.807, 2.05) is 12.3 Å². The highest BCUT2D eigenvalue weighted by Gasteiger charge is 2.11. The number of hydrogen-bond acceptors (Lipinski definition) is 2. The Morgan fingerprint density at radius 1 is 1.14 bits per heavy atom. The SMILES string of the molecule is NCCCn1ccc(-c2ccnc3[nH]c4ccccc4c23)c1. The van der Waals surface area contributed by atoms with Crippen LogP contribution in [0.5, 0.6) is 0 Å². The Morgan fingerprint density at radius 3 is 2.95 bits per heavy atom. The molecule has 4 heteroatoms. The highest BCUT2D eigenvalue weighted by atomic mass is 14.9. The van der Waals surface area contributed by atoms with Crippen LogP contribution in [0.1, 0.15) is 6.42 Å². The summed E-state index contributed by atoms with van der Waals surface area (Å²) in [4.78, 5) is 7.88. The number of aromatic amines is 1. The van der Waals surface area contributed by atoms with Gasteiger partial charge in [0, 0.05) is 47.0 Å². The second-order valence-electron chi connectivity index (χ2n) is 5.53. The van der Waals surface area contributed by atoms with Crippen LogP contribution < -0.4 is 5.73 Å². The van der Waals surface area contributed by atoms with Crippen LogP contribution in [0.3, 0.4) is 0 Å². The third-order valence-electron chi connectivity index (χ3n) is 4.08. The Labute approximate surface area is 128 Å². The van der Waals surface area contributed by atoms with E-state index in [4.69, 9.17) is 5.73 Å². The first kappa shape index (κ1) is 13.1. The van der Waals surface area contributed by atoms with Crippen molar-refractivity contribution < 1.29 is 0 Å². The minimum Gasteiger partial charge on any atom is -0.354 e. The van der Waals surface area contributed by atoms with Crippen molar-refractivity contribution in [2.75, 3.05) is 6.54 Å². The molecular weight excluding hydrogens is 272 g/mol. The molecule has 0 radical (unpaired) electrons. The molecule has 4 rings (SSSR count). The molecule has 0 spiro atoms. The summed E-state index contributed by atoms with van der Waals surface area (Å²) in [5, 5.41) is 2.41. The van der Waals surface area contributed by atoms with E-state index in [0.29, 0.717) is 0 Å². The van der Waals surface area contributed by atoms with Crippen molar-refractivity contribution in [3.05, 3.63) is 55.0 Å². The number of para-hydroxylation sites is 1. The zero-order valence-corrected chi connectivity index (χ0v) is 12.3. The lowest BCUT2D eigenvalue weighted by Crippen LogP contribution is -2.03. The third-order valence-corrected chi connectivity index (χ3v) is 4.08. The van der Waals surface area contributed by atoms with E-state index >= 15 is 0 Å². The first-order valence-corrected chi connectivity index (χ1v) is 7.58. The van der Waals surface area contributed by atoms with Gasteiger partial charge in [-0.25, -0.2) is 4.98 Å². The average Bonchev–Trinajstić information content (AvgIpc) is 3.17. The fraction of sp³-hybridized carbons (Fsp3) is 0.167. The molecule has 0 saturated carbocycles. The molecule has 3 N–H and O–H groups in total. The van der Waals surface area contributed by atoms with Gasteiger partial charge in [0.1, 0.15) is 5.65 Å². The molecule has 0 amide bonds.